The van der Waals surface area contributed by atoms with Crippen LogP contribution < -0.4 is 10.6 Å². The second-order valence-corrected chi connectivity index (χ2v) is 11.6. The normalized spacial score (nSPS) is 44.3. The molecule has 0 aromatic heterocycles. The largest absolute Gasteiger partial charge is 0.379 e. The van der Waals surface area contributed by atoms with Crippen molar-refractivity contribution < 1.29 is 29.1 Å². The van der Waals surface area contributed by atoms with E-state index in [1.54, 1.807) is 14.2 Å². The summed E-state index contributed by atoms with van der Waals surface area (Å²) in [5.41, 5.74) is 0. The minimum Gasteiger partial charge on any atom is -0.379 e. The number of piperidine rings is 2. The lowest BCUT2D eigenvalue weighted by Crippen LogP contribution is -2.99. The Labute approximate surface area is 203 Å². The van der Waals surface area contributed by atoms with Crippen molar-refractivity contribution in [2.24, 2.45) is 23.7 Å². The Kier molecular flexibility index (Phi) is 6.97. The molecule has 5 aliphatic rings. The molecular formula is C26H44N3O5+. The van der Waals surface area contributed by atoms with Crippen LogP contribution in [0.25, 0.3) is 0 Å². The third-order valence-corrected chi connectivity index (χ3v) is 9.59. The van der Waals surface area contributed by atoms with Gasteiger partial charge in [-0.25, -0.2) is 0 Å². The second-order valence-electron chi connectivity index (χ2n) is 11.6. The summed E-state index contributed by atoms with van der Waals surface area (Å²) < 4.78 is 18.0. The molecule has 34 heavy (non-hydrogen) atoms. The van der Waals surface area contributed by atoms with Gasteiger partial charge in [0.2, 0.25) is 11.8 Å². The molecule has 2 amide bonds. The molecule has 3 heterocycles. The molecule has 3 N–H and O–H groups in total. The molecule has 3 saturated heterocycles. The molecule has 3 aliphatic heterocycles. The van der Waals surface area contributed by atoms with Crippen molar-refractivity contribution in [3.63, 3.8) is 0 Å². The summed E-state index contributed by atoms with van der Waals surface area (Å²) in [6, 6.07) is 1.18. The fraction of sp³-hybridized carbons (Fsp3) is 0.923. The number of carbonyl (C=O) groups is 2. The van der Waals surface area contributed by atoms with E-state index in [2.05, 4.69) is 15.5 Å². The van der Waals surface area contributed by atoms with Gasteiger partial charge in [-0.05, 0) is 64.7 Å². The van der Waals surface area contributed by atoms with Gasteiger partial charge in [-0.3, -0.25) is 9.59 Å². The fourth-order valence-corrected chi connectivity index (χ4v) is 8.38. The van der Waals surface area contributed by atoms with E-state index in [-0.39, 0.29) is 42.2 Å². The van der Waals surface area contributed by atoms with Crippen LogP contribution in [0, 0.1) is 23.7 Å². The Morgan fingerprint density at radius 3 is 2.53 bits per heavy atom. The molecule has 2 aliphatic carbocycles. The number of carbonyl (C=O) groups excluding carboxylic acids is 2. The highest BCUT2D eigenvalue weighted by atomic mass is 16.5. The summed E-state index contributed by atoms with van der Waals surface area (Å²) in [6.07, 6.45) is 5.44. The zero-order valence-corrected chi connectivity index (χ0v) is 21.4. The van der Waals surface area contributed by atoms with Crippen LogP contribution in [0.15, 0.2) is 0 Å². The minimum atomic E-state index is -0.446. The number of hydrogen-bond donors (Lipinski definition) is 2. The summed E-state index contributed by atoms with van der Waals surface area (Å²) in [5, 5.41) is 5.49. The van der Waals surface area contributed by atoms with E-state index in [9.17, 15) is 9.59 Å². The van der Waals surface area contributed by atoms with Gasteiger partial charge in [0.1, 0.15) is 12.1 Å². The Morgan fingerprint density at radius 1 is 1.03 bits per heavy atom. The molecule has 11 unspecified atom stereocenters. The zero-order valence-electron chi connectivity index (χ0n) is 21.4. The van der Waals surface area contributed by atoms with Crippen LogP contribution in [0.4, 0.5) is 0 Å². The van der Waals surface area contributed by atoms with Crippen molar-refractivity contribution in [2.45, 2.75) is 108 Å². The maximum atomic E-state index is 14.1. The van der Waals surface area contributed by atoms with Crippen LogP contribution in [0.2, 0.25) is 0 Å². The molecule has 8 nitrogen and oxygen atoms in total. The number of nitrogens with two attached hydrogens (primary N) is 1. The maximum absolute atomic E-state index is 14.1. The summed E-state index contributed by atoms with van der Waals surface area (Å²) >= 11 is 0. The Bertz CT molecular complexity index is 778. The van der Waals surface area contributed by atoms with Gasteiger partial charge >= 0.3 is 0 Å². The molecule has 0 bridgehead atoms. The van der Waals surface area contributed by atoms with Crippen molar-refractivity contribution in [3.05, 3.63) is 0 Å². The number of quaternary nitrogens is 1. The SMILES string of the molecule is COC1CCC2C3[NH2+]CCC4C5CC(OC(C)C(=O)NC(C)C)CCC5N(C(=O)C2C1OC)C43. The minimum absolute atomic E-state index is 0.00727. The number of fused-ring (bicyclic) bond motifs is 5. The molecule has 0 aromatic rings. The van der Waals surface area contributed by atoms with E-state index in [1.165, 1.54) is 0 Å². The summed E-state index contributed by atoms with van der Waals surface area (Å²) in [6.45, 7) is 6.93. The van der Waals surface area contributed by atoms with Crippen molar-refractivity contribution in [1.29, 1.82) is 0 Å². The second kappa shape index (κ2) is 9.68. The lowest BCUT2D eigenvalue weighted by atomic mass is 9.64. The quantitative estimate of drug-likeness (QED) is 0.586. The third kappa shape index (κ3) is 3.98. The first-order chi connectivity index (χ1) is 16.3. The van der Waals surface area contributed by atoms with E-state index < -0.39 is 6.10 Å². The van der Waals surface area contributed by atoms with Gasteiger partial charge in [0, 0.05) is 38.6 Å². The zero-order chi connectivity index (χ0) is 24.1. The Morgan fingerprint density at radius 2 is 1.82 bits per heavy atom. The molecule has 0 spiro atoms. The number of methoxy groups -OCH3 is 2. The summed E-state index contributed by atoms with van der Waals surface area (Å²) in [7, 11) is 3.48. The molecule has 0 radical (unpaired) electrons. The van der Waals surface area contributed by atoms with Crippen LogP contribution in [0.1, 0.15) is 59.3 Å². The highest BCUT2D eigenvalue weighted by molar-refractivity contribution is 5.83. The van der Waals surface area contributed by atoms with Crippen LogP contribution in [-0.4, -0.2) is 86.1 Å². The van der Waals surface area contributed by atoms with E-state index >= 15 is 0 Å². The molecule has 11 atom stereocenters. The van der Waals surface area contributed by atoms with E-state index in [4.69, 9.17) is 14.2 Å². The molecule has 2 saturated carbocycles. The summed E-state index contributed by atoms with van der Waals surface area (Å²) in [4.78, 5) is 28.8. The number of nitrogens with one attached hydrogen (secondary N) is 1. The van der Waals surface area contributed by atoms with E-state index in [0.29, 0.717) is 35.7 Å². The van der Waals surface area contributed by atoms with Crippen LogP contribution in [-0.2, 0) is 23.8 Å². The molecule has 192 valence electrons. The van der Waals surface area contributed by atoms with Gasteiger partial charge < -0.3 is 29.7 Å². The van der Waals surface area contributed by atoms with Crippen LogP contribution in [0.3, 0.4) is 0 Å². The van der Waals surface area contributed by atoms with Crippen molar-refractivity contribution in [1.82, 2.24) is 10.2 Å². The van der Waals surface area contributed by atoms with Gasteiger partial charge in [-0.1, -0.05) is 0 Å². The number of rotatable bonds is 6. The monoisotopic (exact) mass is 478 g/mol. The number of amides is 2. The molecule has 0 aromatic carbocycles. The highest BCUT2D eigenvalue weighted by Crippen LogP contribution is 2.53. The van der Waals surface area contributed by atoms with Crippen molar-refractivity contribution in [3.8, 4) is 0 Å². The topological polar surface area (TPSA) is 93.7 Å². The Balaban J connectivity index is 1.35. The first-order valence-corrected chi connectivity index (χ1v) is 13.5. The highest BCUT2D eigenvalue weighted by Gasteiger charge is 2.66. The standard InChI is InChI=1S/C26H43N3O5/c1-13(2)28-25(30)14(3)34-15-6-8-19-18(12-15)16-10-11-27-22-17-7-9-20(32-4)24(33-5)21(17)26(31)29(19)23(16)22/h13-24,27H,6-12H2,1-5H3,(H,28,30)/p+1. The lowest BCUT2D eigenvalue weighted by molar-refractivity contribution is -0.713. The number of nitrogens with zero attached hydrogens (tertiary/aromatic N) is 1. The maximum Gasteiger partial charge on any atom is 0.249 e. The third-order valence-electron chi connectivity index (χ3n) is 9.59. The first kappa shape index (κ1) is 24.5. The average molecular weight is 479 g/mol. The number of ether oxygens (including phenoxy) is 3. The molecular weight excluding hydrogens is 434 g/mol. The van der Waals surface area contributed by atoms with Crippen molar-refractivity contribution in [2.75, 3.05) is 20.8 Å². The predicted molar refractivity (Wildman–Crippen MR) is 126 cm³/mol. The number of hydrogen-bond acceptors (Lipinski definition) is 5. The average Bonchev–Trinajstić information content (AvgIpc) is 3.15. The molecule has 5 fully saturated rings. The molecule has 5 rings (SSSR count). The van der Waals surface area contributed by atoms with Crippen molar-refractivity contribution >= 4 is 11.8 Å². The first-order valence-electron chi connectivity index (χ1n) is 13.5. The molecule has 8 heteroatoms. The predicted octanol–water partition coefficient (Wildman–Crippen LogP) is 0.686. The van der Waals surface area contributed by atoms with Gasteiger partial charge in [0.25, 0.3) is 0 Å². The lowest BCUT2D eigenvalue weighted by Gasteiger charge is -2.53. The van der Waals surface area contributed by atoms with Gasteiger partial charge in [0.15, 0.2) is 0 Å². The van der Waals surface area contributed by atoms with Crippen LogP contribution in [0.5, 0.6) is 0 Å². The fourth-order valence-electron chi connectivity index (χ4n) is 8.38. The Hall–Kier alpha value is -1.22. The van der Waals surface area contributed by atoms with Gasteiger partial charge in [0.05, 0.1) is 36.8 Å². The summed E-state index contributed by atoms with van der Waals surface area (Å²) in [5.74, 6) is 1.52. The smallest absolute Gasteiger partial charge is 0.249 e. The van der Waals surface area contributed by atoms with E-state index in [0.717, 1.165) is 45.1 Å². The van der Waals surface area contributed by atoms with Crippen LogP contribution >= 0.6 is 0 Å². The van der Waals surface area contributed by atoms with E-state index in [1.807, 2.05) is 20.8 Å². The van der Waals surface area contributed by atoms with Gasteiger partial charge in [-0.2, -0.15) is 0 Å². The van der Waals surface area contributed by atoms with Gasteiger partial charge in [-0.15, -0.1) is 0 Å².